The lowest BCUT2D eigenvalue weighted by atomic mass is 10.0. The van der Waals surface area contributed by atoms with Crippen molar-refractivity contribution in [2.45, 2.75) is 12.5 Å². The second kappa shape index (κ2) is 5.18. The Labute approximate surface area is 105 Å². The molecule has 1 saturated heterocycles. The maximum atomic E-state index is 10.8. The lowest BCUT2D eigenvalue weighted by Gasteiger charge is -2.06. The molecule has 1 aliphatic heterocycles. The zero-order chi connectivity index (χ0) is 13.1. The molecule has 0 amide bonds. The molecule has 0 aromatic heterocycles. The number of hydrogen-bond acceptors (Lipinski definition) is 5. The zero-order valence-corrected chi connectivity index (χ0v) is 10.4. The molecule has 1 fully saturated rings. The van der Waals surface area contributed by atoms with Crippen molar-refractivity contribution in [3.05, 3.63) is 38.3 Å². The van der Waals surface area contributed by atoms with Crippen molar-refractivity contribution >= 4 is 27.8 Å². The van der Waals surface area contributed by atoms with Crippen molar-refractivity contribution < 1.29 is 19.2 Å². The van der Waals surface area contributed by atoms with Crippen molar-refractivity contribution in [1.29, 1.82) is 0 Å². The summed E-state index contributed by atoms with van der Waals surface area (Å²) >= 11 is 3.21. The second-order valence-corrected chi connectivity index (χ2v) is 4.44. The number of nitrogens with zero attached hydrogens (tertiary/aromatic N) is 1. The summed E-state index contributed by atoms with van der Waals surface area (Å²) in [5.41, 5.74) is 0.299. The SMILES string of the molecule is CC1(c2ccc(Br)cc2[N+](=O)[O-])CO1.O=C=O. The summed E-state index contributed by atoms with van der Waals surface area (Å²) < 4.78 is 5.90. The topological polar surface area (TPSA) is 89.8 Å². The smallest absolute Gasteiger partial charge is 0.365 e. The van der Waals surface area contributed by atoms with Gasteiger partial charge in [0.2, 0.25) is 0 Å². The largest absolute Gasteiger partial charge is 0.373 e. The van der Waals surface area contributed by atoms with E-state index in [0.717, 1.165) is 0 Å². The number of epoxide rings is 1. The van der Waals surface area contributed by atoms with Crippen LogP contribution in [-0.4, -0.2) is 17.7 Å². The molecule has 17 heavy (non-hydrogen) atoms. The molecule has 1 unspecified atom stereocenters. The van der Waals surface area contributed by atoms with Crippen LogP contribution in [0.1, 0.15) is 12.5 Å². The van der Waals surface area contributed by atoms with Crippen molar-refractivity contribution in [3.8, 4) is 0 Å². The summed E-state index contributed by atoms with van der Waals surface area (Å²) in [5, 5.41) is 10.8. The van der Waals surface area contributed by atoms with Gasteiger partial charge in [0.15, 0.2) is 0 Å². The molecule has 0 bridgehead atoms. The Morgan fingerprint density at radius 2 is 2.06 bits per heavy atom. The van der Waals surface area contributed by atoms with Gasteiger partial charge in [0.05, 0.1) is 17.1 Å². The van der Waals surface area contributed by atoms with Gasteiger partial charge in [-0.1, -0.05) is 15.9 Å². The maximum Gasteiger partial charge on any atom is 0.373 e. The fraction of sp³-hybridized carbons (Fsp3) is 0.300. The number of nitro benzene ring substituents is 1. The highest BCUT2D eigenvalue weighted by Gasteiger charge is 2.45. The highest BCUT2D eigenvalue weighted by molar-refractivity contribution is 9.10. The van der Waals surface area contributed by atoms with E-state index in [1.54, 1.807) is 12.1 Å². The van der Waals surface area contributed by atoms with Crippen LogP contribution < -0.4 is 0 Å². The van der Waals surface area contributed by atoms with Crippen molar-refractivity contribution in [3.63, 3.8) is 0 Å². The van der Waals surface area contributed by atoms with Crippen LogP contribution >= 0.6 is 15.9 Å². The monoisotopic (exact) mass is 301 g/mol. The van der Waals surface area contributed by atoms with Crippen molar-refractivity contribution in [2.75, 3.05) is 6.61 Å². The van der Waals surface area contributed by atoms with Crippen LogP contribution in [0.5, 0.6) is 0 Å². The molecular weight excluding hydrogens is 294 g/mol. The first-order valence-corrected chi connectivity index (χ1v) is 5.31. The van der Waals surface area contributed by atoms with Gasteiger partial charge in [-0.15, -0.1) is 0 Å². The summed E-state index contributed by atoms with van der Waals surface area (Å²) in [6.07, 6.45) is 0.250. The fourth-order valence-corrected chi connectivity index (χ4v) is 1.72. The fourth-order valence-electron chi connectivity index (χ4n) is 1.37. The molecule has 0 radical (unpaired) electrons. The average Bonchev–Trinajstić information content (AvgIpc) is 2.98. The average molecular weight is 302 g/mol. The molecule has 0 spiro atoms. The van der Waals surface area contributed by atoms with Crippen LogP contribution in [0.15, 0.2) is 22.7 Å². The lowest BCUT2D eigenvalue weighted by molar-refractivity contribution is -0.386. The van der Waals surface area contributed by atoms with E-state index in [-0.39, 0.29) is 16.8 Å². The molecule has 0 aliphatic carbocycles. The van der Waals surface area contributed by atoms with E-state index >= 15 is 0 Å². The van der Waals surface area contributed by atoms with Gasteiger partial charge in [-0.3, -0.25) is 10.1 Å². The van der Waals surface area contributed by atoms with E-state index in [9.17, 15) is 10.1 Å². The van der Waals surface area contributed by atoms with Gasteiger partial charge in [0.25, 0.3) is 5.69 Å². The number of hydrogen-bond donors (Lipinski definition) is 0. The molecule has 2 rings (SSSR count). The maximum absolute atomic E-state index is 10.8. The van der Waals surface area contributed by atoms with E-state index in [1.807, 2.05) is 6.92 Å². The third kappa shape index (κ3) is 3.20. The van der Waals surface area contributed by atoms with E-state index < -0.39 is 5.60 Å². The van der Waals surface area contributed by atoms with Gasteiger partial charge in [0.1, 0.15) is 5.60 Å². The summed E-state index contributed by atoms with van der Waals surface area (Å²) in [5.74, 6) is 0. The van der Waals surface area contributed by atoms with Gasteiger partial charge in [-0.25, -0.2) is 0 Å². The molecule has 1 aliphatic rings. The molecule has 1 aromatic carbocycles. The van der Waals surface area contributed by atoms with Crippen molar-refractivity contribution in [2.24, 2.45) is 0 Å². The second-order valence-electron chi connectivity index (χ2n) is 3.52. The van der Waals surface area contributed by atoms with Gasteiger partial charge < -0.3 is 4.74 Å². The summed E-state index contributed by atoms with van der Waals surface area (Å²) in [4.78, 5) is 26.6. The van der Waals surface area contributed by atoms with Crippen LogP contribution in [0, 0.1) is 10.1 Å². The minimum atomic E-state index is -0.455. The number of ether oxygens (including phenoxy) is 1. The summed E-state index contributed by atoms with van der Waals surface area (Å²) in [6, 6.07) is 5.02. The van der Waals surface area contributed by atoms with Crippen molar-refractivity contribution in [1.82, 2.24) is 0 Å². The number of rotatable bonds is 2. The van der Waals surface area contributed by atoms with Crippen LogP contribution in [0.4, 0.5) is 5.69 Å². The Morgan fingerprint density at radius 3 is 2.47 bits per heavy atom. The Hall–Kier alpha value is -1.56. The van der Waals surface area contributed by atoms with Gasteiger partial charge in [-0.05, 0) is 19.1 Å². The van der Waals surface area contributed by atoms with Crippen LogP contribution in [-0.2, 0) is 19.9 Å². The van der Waals surface area contributed by atoms with E-state index in [0.29, 0.717) is 16.6 Å². The van der Waals surface area contributed by atoms with Crippen LogP contribution in [0.3, 0.4) is 0 Å². The molecule has 0 N–H and O–H groups in total. The highest BCUT2D eigenvalue weighted by Crippen LogP contribution is 2.43. The number of benzene rings is 1. The standard InChI is InChI=1S/C9H8BrNO3.CO2/c1-9(5-14-9)7-3-2-6(10)4-8(7)11(12)13;2-1-3/h2-4H,5H2,1H3;. The number of nitro groups is 1. The molecule has 0 saturated carbocycles. The molecule has 90 valence electrons. The predicted molar refractivity (Wildman–Crippen MR) is 59.1 cm³/mol. The minimum Gasteiger partial charge on any atom is -0.365 e. The van der Waals surface area contributed by atoms with Crippen LogP contribution in [0.2, 0.25) is 0 Å². The normalized spacial score (nSPS) is 20.8. The molecule has 1 aromatic rings. The third-order valence-electron chi connectivity index (χ3n) is 2.30. The first kappa shape index (κ1) is 13.5. The molecule has 6 nitrogen and oxygen atoms in total. The third-order valence-corrected chi connectivity index (χ3v) is 2.80. The Morgan fingerprint density at radius 1 is 1.53 bits per heavy atom. The van der Waals surface area contributed by atoms with E-state index in [2.05, 4.69) is 15.9 Å². The quantitative estimate of drug-likeness (QED) is 0.473. The molecular formula is C10H8BrNO5. The number of carbonyl (C=O) groups excluding carboxylic acids is 2. The molecule has 1 atom stereocenters. The zero-order valence-electron chi connectivity index (χ0n) is 8.81. The minimum absolute atomic E-state index is 0.111. The number of halogens is 1. The Bertz CT molecular complexity index is 478. The Balaban J connectivity index is 0.000000437. The van der Waals surface area contributed by atoms with Crippen LogP contribution in [0.25, 0.3) is 0 Å². The van der Waals surface area contributed by atoms with E-state index in [1.165, 1.54) is 6.07 Å². The summed E-state index contributed by atoms with van der Waals surface area (Å²) in [6.45, 7) is 2.40. The van der Waals surface area contributed by atoms with Gasteiger partial charge in [-0.2, -0.15) is 9.59 Å². The molecule has 1 heterocycles. The van der Waals surface area contributed by atoms with Gasteiger partial charge in [0, 0.05) is 10.5 Å². The van der Waals surface area contributed by atoms with E-state index in [4.69, 9.17) is 14.3 Å². The molecule has 7 heteroatoms. The lowest BCUT2D eigenvalue weighted by Crippen LogP contribution is -2.06. The predicted octanol–water partition coefficient (Wildman–Crippen LogP) is 2.02. The first-order valence-electron chi connectivity index (χ1n) is 4.52. The first-order chi connectivity index (χ1) is 7.94. The van der Waals surface area contributed by atoms with Gasteiger partial charge >= 0.3 is 6.15 Å². The summed E-state index contributed by atoms with van der Waals surface area (Å²) in [7, 11) is 0. The Kier molecular flexibility index (Phi) is 4.11. The highest BCUT2D eigenvalue weighted by atomic mass is 79.9.